The Morgan fingerprint density at radius 3 is 2.26 bits per heavy atom. The molecule has 0 radical (unpaired) electrons. The number of urea groups is 1. The Balaban J connectivity index is 3.69. The topological polar surface area (TPSA) is 70.7 Å². The van der Waals surface area contributed by atoms with Crippen molar-refractivity contribution in [3.8, 4) is 0 Å². The number of unbranched alkanes of at least 4 members (excludes halogenated alkanes) is 1. The number of ether oxygens (including phenoxy) is 1. The van der Waals surface area contributed by atoms with Gasteiger partial charge in [0.15, 0.2) is 0 Å². The van der Waals surface area contributed by atoms with Crippen molar-refractivity contribution in [1.82, 2.24) is 15.5 Å². The summed E-state index contributed by atoms with van der Waals surface area (Å²) in [5.41, 5.74) is -0.506. The molecule has 0 saturated heterocycles. The van der Waals surface area contributed by atoms with Gasteiger partial charge in [0.25, 0.3) is 0 Å². The van der Waals surface area contributed by atoms with E-state index in [2.05, 4.69) is 17.6 Å². The van der Waals surface area contributed by atoms with Gasteiger partial charge in [0.1, 0.15) is 5.60 Å². The molecule has 6 nitrogen and oxygen atoms in total. The van der Waals surface area contributed by atoms with Crippen molar-refractivity contribution in [1.29, 1.82) is 0 Å². The molecule has 0 aromatic carbocycles. The number of carbonyl (C=O) groups excluding carboxylic acids is 2. The van der Waals surface area contributed by atoms with E-state index >= 15 is 0 Å². The van der Waals surface area contributed by atoms with Crippen LogP contribution in [0.3, 0.4) is 0 Å². The quantitative estimate of drug-likeness (QED) is 0.727. The number of carbonyl (C=O) groups is 2. The van der Waals surface area contributed by atoms with Crippen molar-refractivity contribution in [3.05, 3.63) is 0 Å². The molecule has 0 aromatic rings. The molecule has 0 aliphatic heterocycles. The van der Waals surface area contributed by atoms with E-state index in [1.807, 2.05) is 0 Å². The molecular weight excluding hydrogens is 246 g/mol. The van der Waals surface area contributed by atoms with Gasteiger partial charge >= 0.3 is 12.1 Å². The van der Waals surface area contributed by atoms with E-state index in [-0.39, 0.29) is 6.03 Å². The van der Waals surface area contributed by atoms with E-state index in [0.29, 0.717) is 13.1 Å². The van der Waals surface area contributed by atoms with Crippen molar-refractivity contribution >= 4 is 12.1 Å². The van der Waals surface area contributed by atoms with Crippen LogP contribution in [-0.4, -0.2) is 49.3 Å². The maximum absolute atomic E-state index is 11.6. The third kappa shape index (κ3) is 10.2. The van der Waals surface area contributed by atoms with Gasteiger partial charge in [0.05, 0.1) is 0 Å². The number of nitrogens with one attached hydrogen (secondary N) is 2. The predicted octanol–water partition coefficient (Wildman–Crippen LogP) is 1.95. The summed E-state index contributed by atoms with van der Waals surface area (Å²) in [4.78, 5) is 24.6. The monoisotopic (exact) mass is 273 g/mol. The van der Waals surface area contributed by atoms with Crippen LogP contribution in [0.4, 0.5) is 9.59 Å². The molecular formula is C13H27N3O3. The maximum atomic E-state index is 11.6. The molecule has 112 valence electrons. The zero-order valence-electron chi connectivity index (χ0n) is 12.7. The van der Waals surface area contributed by atoms with Gasteiger partial charge in [-0.1, -0.05) is 13.3 Å². The highest BCUT2D eigenvalue weighted by Gasteiger charge is 2.15. The van der Waals surface area contributed by atoms with Crippen LogP contribution in [0.2, 0.25) is 0 Å². The summed E-state index contributed by atoms with van der Waals surface area (Å²) in [6.07, 6.45) is 1.57. The highest BCUT2D eigenvalue weighted by molar-refractivity contribution is 5.74. The largest absolute Gasteiger partial charge is 0.444 e. The van der Waals surface area contributed by atoms with Gasteiger partial charge in [-0.25, -0.2) is 9.59 Å². The van der Waals surface area contributed by atoms with Gasteiger partial charge in [0, 0.05) is 26.7 Å². The van der Waals surface area contributed by atoms with Crippen LogP contribution in [0.1, 0.15) is 40.5 Å². The van der Waals surface area contributed by atoms with Crippen LogP contribution in [0, 0.1) is 0 Å². The number of nitrogens with zero attached hydrogens (tertiary/aromatic N) is 1. The van der Waals surface area contributed by atoms with Gasteiger partial charge in [-0.3, -0.25) is 0 Å². The Morgan fingerprint density at radius 1 is 1.16 bits per heavy atom. The summed E-state index contributed by atoms with van der Waals surface area (Å²) < 4.78 is 5.07. The van der Waals surface area contributed by atoms with Crippen LogP contribution >= 0.6 is 0 Å². The maximum Gasteiger partial charge on any atom is 0.407 e. The molecule has 0 atom stereocenters. The zero-order valence-corrected chi connectivity index (χ0v) is 12.7. The molecule has 19 heavy (non-hydrogen) atoms. The lowest BCUT2D eigenvalue weighted by molar-refractivity contribution is 0.0528. The molecule has 3 amide bonds. The first-order valence-corrected chi connectivity index (χ1v) is 6.72. The Labute approximate surface area is 115 Å². The Morgan fingerprint density at radius 2 is 1.74 bits per heavy atom. The molecule has 6 heteroatoms. The van der Waals surface area contributed by atoms with Gasteiger partial charge in [-0.15, -0.1) is 0 Å². The van der Waals surface area contributed by atoms with Crippen LogP contribution in [0.5, 0.6) is 0 Å². The average Bonchev–Trinajstić information content (AvgIpc) is 2.29. The highest BCUT2D eigenvalue weighted by Crippen LogP contribution is 2.05. The SMILES string of the molecule is CCCCN(C)C(=O)NCCNC(=O)OC(C)(C)C. The second-order valence-corrected chi connectivity index (χ2v) is 5.44. The number of amides is 3. The van der Waals surface area contributed by atoms with E-state index in [1.165, 1.54) is 0 Å². The van der Waals surface area contributed by atoms with Crippen LogP contribution < -0.4 is 10.6 Å². The van der Waals surface area contributed by atoms with Crippen LogP contribution in [0.15, 0.2) is 0 Å². The molecule has 0 aromatic heterocycles. The minimum atomic E-state index is -0.506. The number of rotatable bonds is 6. The average molecular weight is 273 g/mol. The normalized spacial score (nSPS) is 10.8. The Bertz CT molecular complexity index is 287. The zero-order chi connectivity index (χ0) is 14.9. The molecule has 0 aliphatic rings. The van der Waals surface area contributed by atoms with Crippen molar-refractivity contribution in [2.45, 2.75) is 46.1 Å². The lowest BCUT2D eigenvalue weighted by Crippen LogP contribution is -2.42. The number of alkyl carbamates (subject to hydrolysis) is 1. The van der Waals surface area contributed by atoms with Gasteiger partial charge in [-0.05, 0) is 27.2 Å². The third-order valence-electron chi connectivity index (χ3n) is 2.26. The number of hydrogen-bond acceptors (Lipinski definition) is 3. The van der Waals surface area contributed by atoms with E-state index in [4.69, 9.17) is 4.74 Å². The summed E-state index contributed by atoms with van der Waals surface area (Å²) in [7, 11) is 1.76. The van der Waals surface area contributed by atoms with Gasteiger partial charge in [-0.2, -0.15) is 0 Å². The number of hydrogen-bond donors (Lipinski definition) is 2. The molecule has 0 bridgehead atoms. The van der Waals surface area contributed by atoms with E-state index in [0.717, 1.165) is 19.4 Å². The molecule has 0 spiro atoms. The highest BCUT2D eigenvalue weighted by atomic mass is 16.6. The second-order valence-electron chi connectivity index (χ2n) is 5.44. The van der Waals surface area contributed by atoms with Gasteiger partial charge in [0.2, 0.25) is 0 Å². The molecule has 0 rings (SSSR count). The first-order valence-electron chi connectivity index (χ1n) is 6.72. The fourth-order valence-electron chi connectivity index (χ4n) is 1.28. The van der Waals surface area contributed by atoms with E-state index in [9.17, 15) is 9.59 Å². The van der Waals surface area contributed by atoms with E-state index in [1.54, 1.807) is 32.7 Å². The second kappa shape index (κ2) is 8.61. The minimum Gasteiger partial charge on any atom is -0.444 e. The third-order valence-corrected chi connectivity index (χ3v) is 2.26. The minimum absolute atomic E-state index is 0.126. The van der Waals surface area contributed by atoms with Crippen LogP contribution in [-0.2, 0) is 4.74 Å². The molecule has 2 N–H and O–H groups in total. The van der Waals surface area contributed by atoms with Crippen molar-refractivity contribution in [3.63, 3.8) is 0 Å². The predicted molar refractivity (Wildman–Crippen MR) is 75.2 cm³/mol. The summed E-state index contributed by atoms with van der Waals surface area (Å²) in [6.45, 7) is 8.96. The summed E-state index contributed by atoms with van der Waals surface area (Å²) in [5, 5.41) is 5.31. The lowest BCUT2D eigenvalue weighted by Gasteiger charge is -2.20. The fraction of sp³-hybridized carbons (Fsp3) is 0.846. The summed E-state index contributed by atoms with van der Waals surface area (Å²) in [6, 6.07) is -0.126. The molecule has 0 saturated carbocycles. The van der Waals surface area contributed by atoms with E-state index < -0.39 is 11.7 Å². The molecule has 0 aliphatic carbocycles. The van der Waals surface area contributed by atoms with Crippen molar-refractivity contribution in [2.75, 3.05) is 26.7 Å². The Hall–Kier alpha value is -1.46. The smallest absolute Gasteiger partial charge is 0.407 e. The molecule has 0 unspecified atom stereocenters. The molecule has 0 fully saturated rings. The fourth-order valence-corrected chi connectivity index (χ4v) is 1.28. The van der Waals surface area contributed by atoms with Crippen LogP contribution in [0.25, 0.3) is 0 Å². The lowest BCUT2D eigenvalue weighted by atomic mass is 10.2. The van der Waals surface area contributed by atoms with Crippen molar-refractivity contribution in [2.24, 2.45) is 0 Å². The van der Waals surface area contributed by atoms with Crippen molar-refractivity contribution < 1.29 is 14.3 Å². The molecule has 0 heterocycles. The first kappa shape index (κ1) is 17.5. The summed E-state index contributed by atoms with van der Waals surface area (Å²) in [5.74, 6) is 0. The summed E-state index contributed by atoms with van der Waals surface area (Å²) >= 11 is 0. The standard InChI is InChI=1S/C13H27N3O3/c1-6-7-10-16(5)11(17)14-8-9-15-12(18)19-13(2,3)4/h6-10H2,1-5H3,(H,14,17)(H,15,18). The first-order chi connectivity index (χ1) is 8.76. The Kier molecular flexibility index (Phi) is 7.95. The van der Waals surface area contributed by atoms with Gasteiger partial charge < -0.3 is 20.3 Å².